The molecule has 0 amide bonds. The van der Waals surface area contributed by atoms with E-state index in [1.807, 2.05) is 66.7 Å². The van der Waals surface area contributed by atoms with Crippen molar-refractivity contribution in [2.45, 2.75) is 13.8 Å². The molecule has 0 bridgehead atoms. The first-order valence-electron chi connectivity index (χ1n) is 12.1. The molecule has 0 unspecified atom stereocenters. The second-order valence-electron chi connectivity index (χ2n) is 8.61. The van der Waals surface area contributed by atoms with Crippen LogP contribution in [-0.4, -0.2) is 41.7 Å². The zero-order chi connectivity index (χ0) is 26.2. The third-order valence-corrected chi connectivity index (χ3v) is 6.32. The highest BCUT2D eigenvalue weighted by Gasteiger charge is 2.28. The molecular formula is C29H22N6O3. The van der Waals surface area contributed by atoms with Crippen LogP contribution in [0.15, 0.2) is 90.0 Å². The molecule has 2 aromatic carbocycles. The zero-order valence-corrected chi connectivity index (χ0v) is 20.7. The maximum absolute atomic E-state index is 14.2. The van der Waals surface area contributed by atoms with Crippen LogP contribution in [0.3, 0.4) is 0 Å². The van der Waals surface area contributed by atoms with Crippen molar-refractivity contribution in [2.75, 3.05) is 6.61 Å². The van der Waals surface area contributed by atoms with Crippen LogP contribution in [-0.2, 0) is 4.74 Å². The van der Waals surface area contributed by atoms with Crippen LogP contribution in [0.2, 0.25) is 0 Å². The lowest BCUT2D eigenvalue weighted by atomic mass is 9.95. The van der Waals surface area contributed by atoms with Crippen LogP contribution in [0.1, 0.15) is 23.0 Å². The average Bonchev–Trinajstić information content (AvgIpc) is 3.40. The molecule has 0 radical (unpaired) electrons. The summed E-state index contributed by atoms with van der Waals surface area (Å²) in [5, 5.41) is 9.37. The first kappa shape index (κ1) is 23.2. The van der Waals surface area contributed by atoms with Gasteiger partial charge in [-0.1, -0.05) is 48.5 Å². The van der Waals surface area contributed by atoms with Gasteiger partial charge in [0.25, 0.3) is 0 Å². The molecule has 0 fully saturated rings. The van der Waals surface area contributed by atoms with Crippen LogP contribution in [0.5, 0.6) is 0 Å². The normalized spacial score (nSPS) is 11.2. The number of ether oxygens (including phenoxy) is 1. The average molecular weight is 503 g/mol. The number of benzene rings is 2. The Morgan fingerprint density at radius 1 is 0.895 bits per heavy atom. The number of nitrogens with zero attached hydrogens (tertiary/aromatic N) is 6. The van der Waals surface area contributed by atoms with Gasteiger partial charge in [-0.15, -0.1) is 10.2 Å². The molecule has 6 rings (SSSR count). The van der Waals surface area contributed by atoms with E-state index >= 15 is 0 Å². The largest absolute Gasteiger partial charge is 0.462 e. The standard InChI is InChI=1S/C29H22N6O3/c1-3-38-28(36)22-18(2)31-26-24(23(22)19-11-6-4-7-12-19)27-33-32-25(20-13-10-16-30-17-20)35(27)29(37)34(26)21-14-8-5-9-15-21/h4-17H,3H2,1-2H3. The zero-order valence-electron chi connectivity index (χ0n) is 20.7. The van der Waals surface area contributed by atoms with Gasteiger partial charge in [0.1, 0.15) is 0 Å². The first-order valence-corrected chi connectivity index (χ1v) is 12.1. The Labute approximate surface area is 217 Å². The maximum atomic E-state index is 14.2. The molecule has 0 atom stereocenters. The summed E-state index contributed by atoms with van der Waals surface area (Å²) < 4.78 is 8.42. The van der Waals surface area contributed by atoms with E-state index in [4.69, 9.17) is 9.72 Å². The van der Waals surface area contributed by atoms with Gasteiger partial charge >= 0.3 is 11.7 Å². The van der Waals surface area contributed by atoms with Crippen molar-refractivity contribution in [3.63, 3.8) is 0 Å². The second kappa shape index (κ2) is 9.36. The number of hydrogen-bond donors (Lipinski definition) is 0. The fourth-order valence-corrected chi connectivity index (χ4v) is 4.72. The number of para-hydroxylation sites is 1. The van der Waals surface area contributed by atoms with Crippen molar-refractivity contribution in [3.05, 3.63) is 107 Å². The van der Waals surface area contributed by atoms with Gasteiger partial charge in [-0.05, 0) is 43.7 Å². The molecule has 0 N–H and O–H groups in total. The van der Waals surface area contributed by atoms with E-state index in [0.717, 1.165) is 5.56 Å². The van der Waals surface area contributed by atoms with E-state index in [0.29, 0.717) is 44.9 Å². The fraction of sp³-hybridized carbons (Fsp3) is 0.103. The molecule has 9 nitrogen and oxygen atoms in total. The van der Waals surface area contributed by atoms with Crippen LogP contribution in [0.4, 0.5) is 0 Å². The number of aromatic nitrogens is 6. The minimum Gasteiger partial charge on any atom is -0.462 e. The Bertz CT molecular complexity index is 1860. The van der Waals surface area contributed by atoms with Crippen molar-refractivity contribution in [1.82, 2.24) is 29.1 Å². The Morgan fingerprint density at radius 3 is 2.29 bits per heavy atom. The fourth-order valence-electron chi connectivity index (χ4n) is 4.72. The van der Waals surface area contributed by atoms with E-state index < -0.39 is 11.7 Å². The van der Waals surface area contributed by atoms with Crippen molar-refractivity contribution >= 4 is 22.6 Å². The predicted octanol–water partition coefficient (Wildman–Crippen LogP) is 4.64. The quantitative estimate of drug-likeness (QED) is 0.316. The summed E-state index contributed by atoms with van der Waals surface area (Å²) in [5.41, 5.74) is 3.59. The van der Waals surface area contributed by atoms with Crippen LogP contribution in [0.25, 0.3) is 44.9 Å². The second-order valence-corrected chi connectivity index (χ2v) is 8.61. The van der Waals surface area contributed by atoms with Gasteiger partial charge < -0.3 is 4.74 Å². The summed E-state index contributed by atoms with van der Waals surface area (Å²) in [7, 11) is 0. The van der Waals surface area contributed by atoms with Gasteiger partial charge in [-0.3, -0.25) is 4.98 Å². The highest BCUT2D eigenvalue weighted by molar-refractivity contribution is 6.11. The van der Waals surface area contributed by atoms with Crippen molar-refractivity contribution < 1.29 is 9.53 Å². The highest BCUT2D eigenvalue weighted by atomic mass is 16.5. The molecular weight excluding hydrogens is 480 g/mol. The SMILES string of the molecule is CCOC(=O)c1c(C)nc2c(c1-c1ccccc1)c1nnc(-c3cccnc3)n1c(=O)n2-c1ccccc1. The number of fused-ring (bicyclic) bond motifs is 3. The Kier molecular flexibility index (Phi) is 5.72. The third kappa shape index (κ3) is 3.64. The molecule has 9 heteroatoms. The van der Waals surface area contributed by atoms with E-state index in [1.165, 1.54) is 8.97 Å². The topological polar surface area (TPSA) is 104 Å². The number of esters is 1. The van der Waals surface area contributed by atoms with Gasteiger partial charge in [0.05, 0.1) is 28.9 Å². The van der Waals surface area contributed by atoms with Gasteiger partial charge in [0, 0.05) is 23.5 Å². The molecule has 0 aliphatic rings. The summed E-state index contributed by atoms with van der Waals surface area (Å²) in [6, 6.07) is 22.3. The Hall–Kier alpha value is -5.18. The maximum Gasteiger partial charge on any atom is 0.342 e. The monoisotopic (exact) mass is 502 g/mol. The van der Waals surface area contributed by atoms with Crippen molar-refractivity contribution in [2.24, 2.45) is 0 Å². The molecule has 38 heavy (non-hydrogen) atoms. The molecule has 186 valence electrons. The summed E-state index contributed by atoms with van der Waals surface area (Å²) in [6.45, 7) is 3.71. The van der Waals surface area contributed by atoms with Crippen molar-refractivity contribution in [3.8, 4) is 28.2 Å². The molecule has 0 aliphatic heterocycles. The highest BCUT2D eigenvalue weighted by Crippen LogP contribution is 2.36. The van der Waals surface area contributed by atoms with Crippen LogP contribution < -0.4 is 5.69 Å². The molecule has 0 spiro atoms. The number of rotatable bonds is 5. The van der Waals surface area contributed by atoms with E-state index in [-0.39, 0.29) is 12.3 Å². The summed E-state index contributed by atoms with van der Waals surface area (Å²) in [6.07, 6.45) is 3.28. The Morgan fingerprint density at radius 2 is 1.61 bits per heavy atom. The van der Waals surface area contributed by atoms with Gasteiger partial charge in [-0.25, -0.2) is 23.5 Å². The third-order valence-electron chi connectivity index (χ3n) is 6.32. The lowest BCUT2D eigenvalue weighted by Gasteiger charge is -2.18. The van der Waals surface area contributed by atoms with Gasteiger partial charge in [0.2, 0.25) is 0 Å². The molecule has 0 aliphatic carbocycles. The van der Waals surface area contributed by atoms with Crippen molar-refractivity contribution in [1.29, 1.82) is 0 Å². The summed E-state index contributed by atoms with van der Waals surface area (Å²) >= 11 is 0. The number of carbonyl (C=O) groups is 1. The van der Waals surface area contributed by atoms with E-state index in [1.54, 1.807) is 32.3 Å². The van der Waals surface area contributed by atoms with E-state index in [9.17, 15) is 9.59 Å². The number of hydrogen-bond acceptors (Lipinski definition) is 7. The van der Waals surface area contributed by atoms with Crippen LogP contribution >= 0.6 is 0 Å². The number of pyridine rings is 2. The first-order chi connectivity index (χ1) is 18.6. The predicted molar refractivity (Wildman–Crippen MR) is 143 cm³/mol. The molecule has 0 saturated carbocycles. The van der Waals surface area contributed by atoms with Gasteiger partial charge in [-0.2, -0.15) is 0 Å². The number of carbonyl (C=O) groups excluding carboxylic acids is 1. The summed E-state index contributed by atoms with van der Waals surface area (Å²) in [5.74, 6) is -0.164. The molecule has 0 saturated heterocycles. The minimum absolute atomic E-state index is 0.208. The van der Waals surface area contributed by atoms with Gasteiger partial charge in [0.15, 0.2) is 17.1 Å². The lowest BCUT2D eigenvalue weighted by molar-refractivity contribution is 0.0526. The van der Waals surface area contributed by atoms with E-state index in [2.05, 4.69) is 15.2 Å². The molecule has 4 aromatic heterocycles. The minimum atomic E-state index is -0.499. The Balaban J connectivity index is 1.88. The summed E-state index contributed by atoms with van der Waals surface area (Å²) in [4.78, 5) is 36.5. The number of aryl methyl sites for hydroxylation is 1. The van der Waals surface area contributed by atoms with Crippen LogP contribution in [0, 0.1) is 6.92 Å². The molecule has 4 heterocycles. The molecule has 6 aromatic rings. The smallest absolute Gasteiger partial charge is 0.342 e. The lowest BCUT2D eigenvalue weighted by Crippen LogP contribution is -2.28.